The van der Waals surface area contributed by atoms with Crippen LogP contribution in [0.5, 0.6) is 0 Å². The minimum atomic E-state index is -0.388. The molecule has 4 saturated carbocycles. The first-order chi connectivity index (χ1) is 14.7. The predicted octanol–water partition coefficient (Wildman–Crippen LogP) is 4.68. The van der Waals surface area contributed by atoms with Gasteiger partial charge in [-0.1, -0.05) is 32.9 Å². The van der Waals surface area contributed by atoms with Crippen LogP contribution in [-0.4, -0.2) is 40.9 Å². The van der Waals surface area contributed by atoms with Crippen LogP contribution in [0.15, 0.2) is 12.2 Å². The van der Waals surface area contributed by atoms with E-state index in [0.717, 1.165) is 25.7 Å². The molecule has 0 unspecified atom stereocenters. The Morgan fingerprint density at radius 3 is 2.55 bits per heavy atom. The summed E-state index contributed by atoms with van der Waals surface area (Å²) in [6.07, 6.45) is 9.13. The van der Waals surface area contributed by atoms with Gasteiger partial charge in [-0.05, 0) is 91.8 Å². The molecule has 0 bridgehead atoms. The SMILES string of the molecule is C=C1CC[C@@]2(OC1)O[C@H]1C[C@H]3[C@@H]4CC[C@H]5C[C@@H](O)C[C@@H](O)[C@]5(C)[C@H]4CC[C@]3(C)[C@H]1[C@@H]2C. The topological polar surface area (TPSA) is 58.9 Å². The normalized spacial score (nSPS) is 60.9. The second-order valence-corrected chi connectivity index (χ2v) is 12.8. The highest BCUT2D eigenvalue weighted by molar-refractivity contribution is 5.17. The number of hydrogen-bond acceptors (Lipinski definition) is 4. The largest absolute Gasteiger partial charge is 0.393 e. The highest BCUT2D eigenvalue weighted by Crippen LogP contribution is 2.71. The number of aliphatic hydroxyl groups excluding tert-OH is 2. The Bertz CT molecular complexity index is 754. The lowest BCUT2D eigenvalue weighted by Gasteiger charge is -2.62. The van der Waals surface area contributed by atoms with E-state index in [4.69, 9.17) is 9.47 Å². The molecule has 6 fully saturated rings. The van der Waals surface area contributed by atoms with E-state index in [1.807, 2.05) is 0 Å². The third kappa shape index (κ3) is 2.68. The van der Waals surface area contributed by atoms with E-state index in [2.05, 4.69) is 27.4 Å². The van der Waals surface area contributed by atoms with Crippen molar-refractivity contribution in [1.82, 2.24) is 0 Å². The molecule has 0 aromatic rings. The van der Waals surface area contributed by atoms with Gasteiger partial charge >= 0.3 is 0 Å². The molecule has 4 heteroatoms. The maximum absolute atomic E-state index is 11.2. The Morgan fingerprint density at radius 1 is 1.00 bits per heavy atom. The number of aliphatic hydroxyl groups is 2. The molecular weight excluding hydrogens is 388 g/mol. The van der Waals surface area contributed by atoms with Gasteiger partial charge in [-0.3, -0.25) is 0 Å². The molecule has 0 amide bonds. The van der Waals surface area contributed by atoms with Crippen LogP contribution in [0, 0.1) is 46.3 Å². The maximum atomic E-state index is 11.2. The second-order valence-electron chi connectivity index (χ2n) is 12.8. The zero-order valence-electron chi connectivity index (χ0n) is 19.7. The average molecular weight is 431 g/mol. The average Bonchev–Trinajstić information content (AvgIpc) is 3.16. The van der Waals surface area contributed by atoms with E-state index in [9.17, 15) is 10.2 Å². The van der Waals surface area contributed by atoms with Gasteiger partial charge in [0, 0.05) is 12.3 Å². The molecule has 1 spiro atoms. The summed E-state index contributed by atoms with van der Waals surface area (Å²) < 4.78 is 13.2. The van der Waals surface area contributed by atoms with Crippen LogP contribution in [0.2, 0.25) is 0 Å². The van der Waals surface area contributed by atoms with Gasteiger partial charge < -0.3 is 19.7 Å². The van der Waals surface area contributed by atoms with Crippen molar-refractivity contribution in [2.75, 3.05) is 6.61 Å². The van der Waals surface area contributed by atoms with Crippen molar-refractivity contribution in [1.29, 1.82) is 0 Å². The molecule has 4 aliphatic carbocycles. The van der Waals surface area contributed by atoms with Crippen molar-refractivity contribution < 1.29 is 19.7 Å². The molecule has 0 aromatic heterocycles. The van der Waals surface area contributed by atoms with Gasteiger partial charge in [-0.2, -0.15) is 0 Å². The Labute approximate surface area is 187 Å². The first kappa shape index (κ1) is 21.1. The van der Waals surface area contributed by atoms with Gasteiger partial charge in [0.1, 0.15) is 0 Å². The van der Waals surface area contributed by atoms with E-state index in [1.54, 1.807) is 0 Å². The van der Waals surface area contributed by atoms with Crippen molar-refractivity contribution in [3.8, 4) is 0 Å². The minimum absolute atomic E-state index is 0.0261. The molecular formula is C27H42O4. The molecule has 31 heavy (non-hydrogen) atoms. The van der Waals surface area contributed by atoms with Gasteiger partial charge in [-0.15, -0.1) is 0 Å². The van der Waals surface area contributed by atoms with Gasteiger partial charge in [0.05, 0.1) is 24.9 Å². The van der Waals surface area contributed by atoms with Gasteiger partial charge in [-0.25, -0.2) is 0 Å². The predicted molar refractivity (Wildman–Crippen MR) is 119 cm³/mol. The summed E-state index contributed by atoms with van der Waals surface area (Å²) in [6, 6.07) is 0. The van der Waals surface area contributed by atoms with Crippen molar-refractivity contribution in [3.05, 3.63) is 12.2 Å². The fourth-order valence-electron chi connectivity index (χ4n) is 10.1. The van der Waals surface area contributed by atoms with Crippen molar-refractivity contribution in [2.45, 2.75) is 103 Å². The smallest absolute Gasteiger partial charge is 0.172 e. The van der Waals surface area contributed by atoms with Crippen LogP contribution >= 0.6 is 0 Å². The standard InChI is InChI=1S/C27H42O4/c1-15-7-10-27(30-14-15)16(2)24-22(31-27)13-21-19-6-5-17-11-18(28)12-23(29)26(17,4)20(19)8-9-25(21,24)3/h16-24,28-29H,1,5-14H2,2-4H3/t16-,17-,18+,19+,20-,21-,22-,23+,24-,25-,26-,27+/m0/s1. The molecule has 6 aliphatic rings. The summed E-state index contributed by atoms with van der Waals surface area (Å²) in [5.41, 5.74) is 1.49. The molecule has 2 N–H and O–H groups in total. The summed E-state index contributed by atoms with van der Waals surface area (Å²) in [5.74, 6) is 3.06. The molecule has 174 valence electrons. The minimum Gasteiger partial charge on any atom is -0.393 e. The Kier molecular flexibility index (Phi) is 4.64. The van der Waals surface area contributed by atoms with Gasteiger partial charge in [0.15, 0.2) is 5.79 Å². The number of rotatable bonds is 0. The summed E-state index contributed by atoms with van der Waals surface area (Å²) >= 11 is 0. The number of ether oxygens (including phenoxy) is 2. The Balaban J connectivity index is 1.28. The van der Waals surface area contributed by atoms with Crippen molar-refractivity contribution in [3.63, 3.8) is 0 Å². The van der Waals surface area contributed by atoms with E-state index < -0.39 is 0 Å². The lowest BCUT2D eigenvalue weighted by Crippen LogP contribution is -2.59. The molecule has 2 aliphatic heterocycles. The molecule has 6 rings (SSSR count). The Morgan fingerprint density at radius 2 is 1.81 bits per heavy atom. The first-order valence-corrected chi connectivity index (χ1v) is 13.0. The number of hydrogen-bond donors (Lipinski definition) is 2. The fraction of sp³-hybridized carbons (Fsp3) is 0.926. The second kappa shape index (κ2) is 6.81. The third-order valence-corrected chi connectivity index (χ3v) is 11.8. The summed E-state index contributed by atoms with van der Waals surface area (Å²) in [5, 5.41) is 21.5. The van der Waals surface area contributed by atoms with Crippen LogP contribution in [0.3, 0.4) is 0 Å². The quantitative estimate of drug-likeness (QED) is 0.548. The molecule has 12 atom stereocenters. The van der Waals surface area contributed by atoms with Crippen LogP contribution in [-0.2, 0) is 9.47 Å². The monoisotopic (exact) mass is 430 g/mol. The zero-order chi connectivity index (χ0) is 21.8. The van der Waals surface area contributed by atoms with E-state index in [-0.39, 0.29) is 23.4 Å². The number of fused-ring (bicyclic) bond motifs is 7. The van der Waals surface area contributed by atoms with Crippen LogP contribution in [0.1, 0.15) is 78.6 Å². The highest BCUT2D eigenvalue weighted by Gasteiger charge is 2.69. The lowest BCUT2D eigenvalue weighted by molar-refractivity contribution is -0.257. The molecule has 0 aromatic carbocycles. The maximum Gasteiger partial charge on any atom is 0.172 e. The van der Waals surface area contributed by atoms with Crippen molar-refractivity contribution in [2.24, 2.45) is 46.3 Å². The first-order valence-electron chi connectivity index (χ1n) is 13.0. The van der Waals surface area contributed by atoms with Crippen molar-refractivity contribution >= 4 is 0 Å². The molecule has 4 nitrogen and oxygen atoms in total. The van der Waals surface area contributed by atoms with Crippen LogP contribution in [0.25, 0.3) is 0 Å². The molecule has 2 saturated heterocycles. The fourth-order valence-corrected chi connectivity index (χ4v) is 10.1. The highest BCUT2D eigenvalue weighted by atomic mass is 16.7. The third-order valence-electron chi connectivity index (χ3n) is 11.8. The summed E-state index contributed by atoms with van der Waals surface area (Å²) in [6.45, 7) is 12.1. The van der Waals surface area contributed by atoms with E-state index in [0.29, 0.717) is 60.1 Å². The zero-order valence-corrected chi connectivity index (χ0v) is 19.7. The van der Waals surface area contributed by atoms with E-state index in [1.165, 1.54) is 31.3 Å². The van der Waals surface area contributed by atoms with Crippen LogP contribution in [0.4, 0.5) is 0 Å². The van der Waals surface area contributed by atoms with Crippen LogP contribution < -0.4 is 0 Å². The molecule has 2 heterocycles. The van der Waals surface area contributed by atoms with Gasteiger partial charge in [0.2, 0.25) is 0 Å². The summed E-state index contributed by atoms with van der Waals surface area (Å²) in [7, 11) is 0. The summed E-state index contributed by atoms with van der Waals surface area (Å²) in [4.78, 5) is 0. The molecule has 0 radical (unpaired) electrons. The lowest BCUT2D eigenvalue weighted by atomic mass is 9.43. The Hall–Kier alpha value is -0.420. The van der Waals surface area contributed by atoms with Gasteiger partial charge in [0.25, 0.3) is 0 Å². The van der Waals surface area contributed by atoms with E-state index >= 15 is 0 Å².